The van der Waals surface area contributed by atoms with Crippen LogP contribution in [-0.2, 0) is 0 Å². The van der Waals surface area contributed by atoms with Gasteiger partial charge in [0, 0.05) is 43.1 Å². The minimum Gasteiger partial charge on any atom is -0.383 e. The molecule has 1 fully saturated rings. The van der Waals surface area contributed by atoms with Crippen molar-refractivity contribution in [3.05, 3.63) is 24.3 Å². The van der Waals surface area contributed by atoms with E-state index in [0.717, 1.165) is 19.6 Å². The van der Waals surface area contributed by atoms with Gasteiger partial charge in [0.1, 0.15) is 0 Å². The first-order valence-corrected chi connectivity index (χ1v) is 6.50. The molecule has 0 unspecified atom stereocenters. The molecule has 1 aromatic carbocycles. The van der Waals surface area contributed by atoms with E-state index >= 15 is 0 Å². The summed E-state index contributed by atoms with van der Waals surface area (Å²) >= 11 is 0. The SMILES string of the molecule is CC(C)Nc1ccc(N2CCN[C@H](C)C2)cc1. The molecule has 1 aromatic rings. The highest BCUT2D eigenvalue weighted by Crippen LogP contribution is 2.19. The van der Waals surface area contributed by atoms with Crippen molar-refractivity contribution in [2.75, 3.05) is 29.9 Å². The fourth-order valence-corrected chi connectivity index (χ4v) is 2.27. The van der Waals surface area contributed by atoms with Crippen LogP contribution < -0.4 is 15.5 Å². The van der Waals surface area contributed by atoms with Crippen LogP contribution >= 0.6 is 0 Å². The molecule has 0 bridgehead atoms. The Bertz CT molecular complexity index is 345. The van der Waals surface area contributed by atoms with Gasteiger partial charge in [0.05, 0.1) is 0 Å². The molecular weight excluding hydrogens is 210 g/mol. The van der Waals surface area contributed by atoms with Crippen molar-refractivity contribution in [1.82, 2.24) is 5.32 Å². The molecule has 1 aliphatic rings. The van der Waals surface area contributed by atoms with Gasteiger partial charge >= 0.3 is 0 Å². The molecule has 2 rings (SSSR count). The summed E-state index contributed by atoms with van der Waals surface area (Å²) in [4.78, 5) is 2.44. The summed E-state index contributed by atoms with van der Waals surface area (Å²) < 4.78 is 0. The lowest BCUT2D eigenvalue weighted by Crippen LogP contribution is -2.49. The van der Waals surface area contributed by atoms with Gasteiger partial charge < -0.3 is 15.5 Å². The first-order chi connectivity index (χ1) is 8.15. The summed E-state index contributed by atoms with van der Waals surface area (Å²) in [5, 5.41) is 6.88. The Morgan fingerprint density at radius 1 is 1.29 bits per heavy atom. The van der Waals surface area contributed by atoms with Crippen LogP contribution in [0.3, 0.4) is 0 Å². The van der Waals surface area contributed by atoms with Gasteiger partial charge in [0.25, 0.3) is 0 Å². The fourth-order valence-electron chi connectivity index (χ4n) is 2.27. The Labute approximate surface area is 104 Å². The zero-order valence-electron chi connectivity index (χ0n) is 11.0. The Balaban J connectivity index is 2.01. The molecule has 17 heavy (non-hydrogen) atoms. The molecule has 0 radical (unpaired) electrons. The fraction of sp³-hybridized carbons (Fsp3) is 0.571. The Kier molecular flexibility index (Phi) is 3.89. The lowest BCUT2D eigenvalue weighted by Gasteiger charge is -2.33. The maximum atomic E-state index is 3.47. The van der Waals surface area contributed by atoms with Crippen molar-refractivity contribution in [1.29, 1.82) is 0 Å². The van der Waals surface area contributed by atoms with Crippen molar-refractivity contribution < 1.29 is 0 Å². The van der Waals surface area contributed by atoms with Crippen molar-refractivity contribution in [3.63, 3.8) is 0 Å². The van der Waals surface area contributed by atoms with E-state index in [9.17, 15) is 0 Å². The highest BCUT2D eigenvalue weighted by Gasteiger charge is 2.15. The predicted octanol–water partition coefficient (Wildman–Crippen LogP) is 2.31. The average Bonchev–Trinajstić information content (AvgIpc) is 2.29. The maximum Gasteiger partial charge on any atom is 0.0368 e. The smallest absolute Gasteiger partial charge is 0.0368 e. The van der Waals surface area contributed by atoms with Gasteiger partial charge in [-0.2, -0.15) is 0 Å². The zero-order valence-corrected chi connectivity index (χ0v) is 11.0. The molecule has 3 nitrogen and oxygen atoms in total. The topological polar surface area (TPSA) is 27.3 Å². The number of benzene rings is 1. The van der Waals surface area contributed by atoms with Gasteiger partial charge in [-0.05, 0) is 45.0 Å². The second-order valence-electron chi connectivity index (χ2n) is 5.15. The molecule has 0 saturated carbocycles. The van der Waals surface area contributed by atoms with Crippen LogP contribution in [0.4, 0.5) is 11.4 Å². The average molecular weight is 233 g/mol. The molecule has 1 heterocycles. The summed E-state index contributed by atoms with van der Waals surface area (Å²) in [7, 11) is 0. The molecule has 0 aromatic heterocycles. The first kappa shape index (κ1) is 12.2. The summed E-state index contributed by atoms with van der Waals surface area (Å²) in [6, 6.07) is 9.83. The lowest BCUT2D eigenvalue weighted by molar-refractivity contribution is 0.485. The standard InChI is InChI=1S/C14H23N3/c1-11(2)16-13-4-6-14(7-5-13)17-9-8-15-12(3)10-17/h4-7,11-12,15-16H,8-10H2,1-3H3/t12-/m1/s1. The van der Waals surface area contributed by atoms with Gasteiger partial charge in [-0.25, -0.2) is 0 Å². The van der Waals surface area contributed by atoms with Crippen LogP contribution in [0.25, 0.3) is 0 Å². The van der Waals surface area contributed by atoms with E-state index in [1.807, 2.05) is 0 Å². The third-order valence-corrected chi connectivity index (χ3v) is 3.06. The normalized spacial score (nSPS) is 20.7. The van der Waals surface area contributed by atoms with Gasteiger partial charge in [-0.3, -0.25) is 0 Å². The van der Waals surface area contributed by atoms with Gasteiger partial charge in [0.15, 0.2) is 0 Å². The third kappa shape index (κ3) is 3.37. The number of nitrogens with one attached hydrogen (secondary N) is 2. The highest BCUT2D eigenvalue weighted by atomic mass is 15.2. The van der Waals surface area contributed by atoms with E-state index in [1.165, 1.54) is 11.4 Å². The van der Waals surface area contributed by atoms with E-state index in [-0.39, 0.29) is 0 Å². The van der Waals surface area contributed by atoms with E-state index in [2.05, 4.69) is 60.6 Å². The van der Waals surface area contributed by atoms with Crippen LogP contribution in [0.5, 0.6) is 0 Å². The largest absolute Gasteiger partial charge is 0.383 e. The number of anilines is 2. The molecule has 0 amide bonds. The van der Waals surface area contributed by atoms with E-state index in [1.54, 1.807) is 0 Å². The lowest BCUT2D eigenvalue weighted by atomic mass is 10.2. The number of piperazine rings is 1. The second kappa shape index (κ2) is 5.41. The maximum absolute atomic E-state index is 3.47. The first-order valence-electron chi connectivity index (χ1n) is 6.50. The molecule has 1 aliphatic heterocycles. The van der Waals surface area contributed by atoms with Crippen molar-refractivity contribution in [2.45, 2.75) is 32.9 Å². The number of hydrogen-bond acceptors (Lipinski definition) is 3. The molecule has 3 heteroatoms. The van der Waals surface area contributed by atoms with Crippen molar-refractivity contribution in [3.8, 4) is 0 Å². The third-order valence-electron chi connectivity index (χ3n) is 3.06. The van der Waals surface area contributed by atoms with Gasteiger partial charge in [-0.1, -0.05) is 0 Å². The molecule has 0 spiro atoms. The Hall–Kier alpha value is -1.22. The van der Waals surface area contributed by atoms with Crippen molar-refractivity contribution in [2.24, 2.45) is 0 Å². The van der Waals surface area contributed by atoms with E-state index in [4.69, 9.17) is 0 Å². The van der Waals surface area contributed by atoms with Crippen LogP contribution in [0.2, 0.25) is 0 Å². The minimum absolute atomic E-state index is 0.486. The minimum atomic E-state index is 0.486. The number of nitrogens with zero attached hydrogens (tertiary/aromatic N) is 1. The highest BCUT2D eigenvalue weighted by molar-refractivity contribution is 5.55. The van der Waals surface area contributed by atoms with Crippen LogP contribution in [-0.4, -0.2) is 31.7 Å². The van der Waals surface area contributed by atoms with Crippen LogP contribution in [0, 0.1) is 0 Å². The quantitative estimate of drug-likeness (QED) is 0.839. The molecule has 0 aliphatic carbocycles. The van der Waals surface area contributed by atoms with E-state index < -0.39 is 0 Å². The summed E-state index contributed by atoms with van der Waals surface area (Å²) in [6.45, 7) is 9.82. The number of hydrogen-bond donors (Lipinski definition) is 2. The number of rotatable bonds is 3. The predicted molar refractivity (Wildman–Crippen MR) is 74.9 cm³/mol. The monoisotopic (exact) mass is 233 g/mol. The Morgan fingerprint density at radius 3 is 2.59 bits per heavy atom. The molecular formula is C14H23N3. The van der Waals surface area contributed by atoms with Gasteiger partial charge in [-0.15, -0.1) is 0 Å². The van der Waals surface area contributed by atoms with Gasteiger partial charge in [0.2, 0.25) is 0 Å². The molecule has 2 N–H and O–H groups in total. The second-order valence-corrected chi connectivity index (χ2v) is 5.15. The zero-order chi connectivity index (χ0) is 12.3. The van der Waals surface area contributed by atoms with Crippen LogP contribution in [0.1, 0.15) is 20.8 Å². The van der Waals surface area contributed by atoms with Crippen LogP contribution in [0.15, 0.2) is 24.3 Å². The van der Waals surface area contributed by atoms with Crippen molar-refractivity contribution >= 4 is 11.4 Å². The molecule has 94 valence electrons. The Morgan fingerprint density at radius 2 is 2.00 bits per heavy atom. The summed E-state index contributed by atoms with van der Waals surface area (Å²) in [6.07, 6.45) is 0. The summed E-state index contributed by atoms with van der Waals surface area (Å²) in [5.41, 5.74) is 2.53. The van der Waals surface area contributed by atoms with E-state index in [0.29, 0.717) is 12.1 Å². The summed E-state index contributed by atoms with van der Waals surface area (Å²) in [5.74, 6) is 0. The molecule has 1 saturated heterocycles. The molecule has 1 atom stereocenters.